The summed E-state index contributed by atoms with van der Waals surface area (Å²) >= 11 is 0. The zero-order chi connectivity index (χ0) is 48.7. The smallest absolute Gasteiger partial charge is 0.0714 e. The van der Waals surface area contributed by atoms with Crippen LogP contribution in [0.5, 0.6) is 0 Å². The van der Waals surface area contributed by atoms with Crippen LogP contribution in [-0.2, 0) is 37.9 Å². The monoisotopic (exact) mass is 906 g/mol. The molecular formula is C68H75N. The molecule has 0 spiro atoms. The Hall–Kier alpha value is -5.66. The third kappa shape index (κ3) is 6.98. The number of nitrogens with zero attached hydrogens (tertiary/aromatic N) is 1. The number of anilines is 3. The van der Waals surface area contributed by atoms with E-state index in [9.17, 15) is 0 Å². The summed E-state index contributed by atoms with van der Waals surface area (Å²) in [5, 5.41) is 0. The van der Waals surface area contributed by atoms with Gasteiger partial charge >= 0.3 is 0 Å². The minimum Gasteiger partial charge on any atom is -0.310 e. The second-order valence-electron chi connectivity index (χ2n) is 25.8. The fourth-order valence-electron chi connectivity index (χ4n) is 13.7. The molecule has 0 bridgehead atoms. The van der Waals surface area contributed by atoms with E-state index in [4.69, 9.17) is 0 Å². The van der Waals surface area contributed by atoms with E-state index in [1.165, 1.54) is 126 Å². The number of hydrogen-bond donors (Lipinski definition) is 0. The summed E-state index contributed by atoms with van der Waals surface area (Å²) in [6, 6.07) is 57.6. The number of rotatable bonds is 6. The highest BCUT2D eigenvalue weighted by atomic mass is 15.1. The van der Waals surface area contributed by atoms with Gasteiger partial charge in [0.2, 0.25) is 0 Å². The van der Waals surface area contributed by atoms with E-state index < -0.39 is 5.41 Å². The van der Waals surface area contributed by atoms with Gasteiger partial charge in [-0.2, -0.15) is 0 Å². The zero-order valence-electron chi connectivity index (χ0n) is 44.0. The summed E-state index contributed by atoms with van der Waals surface area (Å²) < 4.78 is 0. The van der Waals surface area contributed by atoms with Crippen LogP contribution in [0, 0.1) is 6.92 Å². The Balaban J connectivity index is 1.31. The highest BCUT2D eigenvalue weighted by molar-refractivity contribution is 5.97. The van der Waals surface area contributed by atoms with Crippen LogP contribution in [0.2, 0.25) is 0 Å². The fraction of sp³-hybridized carbons (Fsp3) is 0.382. The third-order valence-electron chi connectivity index (χ3n) is 18.5. The molecule has 69 heavy (non-hydrogen) atoms. The lowest BCUT2D eigenvalue weighted by Gasteiger charge is -2.44. The van der Waals surface area contributed by atoms with Crippen molar-refractivity contribution in [2.45, 2.75) is 166 Å². The van der Waals surface area contributed by atoms with Crippen LogP contribution in [0.1, 0.15) is 183 Å². The Labute approximate surface area is 415 Å². The maximum Gasteiger partial charge on any atom is 0.0714 e. The van der Waals surface area contributed by atoms with Crippen molar-refractivity contribution in [3.05, 3.63) is 207 Å². The molecule has 0 fully saturated rings. The van der Waals surface area contributed by atoms with Gasteiger partial charge in [-0.3, -0.25) is 0 Å². The van der Waals surface area contributed by atoms with Gasteiger partial charge in [-0.15, -0.1) is 0 Å². The van der Waals surface area contributed by atoms with Crippen LogP contribution in [-0.4, -0.2) is 0 Å². The SMILES string of the molecule is Cc1cc2c(cc1-c1cc3c(cc1N(c1ccc4c(c1)C(C)(C)CCC4(C)C)c1ccc4c(c1)C(C)(C)CCC4(C)C)C(c1ccccc1)(c1ccccc1)c1ccccc1-3)C(C)(C)CCC2(C)C. The molecule has 4 aliphatic rings. The number of benzene rings is 7. The summed E-state index contributed by atoms with van der Waals surface area (Å²) in [7, 11) is 0. The van der Waals surface area contributed by atoms with Gasteiger partial charge in [0.15, 0.2) is 0 Å². The minimum absolute atomic E-state index is 0.0417. The molecule has 0 saturated carbocycles. The van der Waals surface area contributed by atoms with Gasteiger partial charge in [0.25, 0.3) is 0 Å². The van der Waals surface area contributed by atoms with Crippen molar-refractivity contribution in [1.82, 2.24) is 0 Å². The van der Waals surface area contributed by atoms with Gasteiger partial charge < -0.3 is 4.90 Å². The minimum atomic E-state index is -0.548. The predicted molar refractivity (Wildman–Crippen MR) is 294 cm³/mol. The molecule has 7 aromatic carbocycles. The Morgan fingerprint density at radius 1 is 0.304 bits per heavy atom. The van der Waals surface area contributed by atoms with Crippen LogP contribution in [0.15, 0.2) is 146 Å². The molecular weight excluding hydrogens is 831 g/mol. The Bertz CT molecular complexity index is 3050. The van der Waals surface area contributed by atoms with E-state index in [2.05, 4.69) is 241 Å². The second kappa shape index (κ2) is 15.4. The van der Waals surface area contributed by atoms with Gasteiger partial charge in [-0.1, -0.05) is 186 Å². The quantitative estimate of drug-likeness (QED) is 0.161. The molecule has 4 aliphatic carbocycles. The van der Waals surface area contributed by atoms with Gasteiger partial charge in [-0.05, 0) is 198 Å². The lowest BCUT2D eigenvalue weighted by molar-refractivity contribution is 0.332. The van der Waals surface area contributed by atoms with Gasteiger partial charge in [0.1, 0.15) is 0 Å². The molecule has 0 aliphatic heterocycles. The molecule has 0 saturated heterocycles. The first-order chi connectivity index (χ1) is 32.6. The highest BCUT2D eigenvalue weighted by Crippen LogP contribution is 2.60. The third-order valence-corrected chi connectivity index (χ3v) is 18.5. The average Bonchev–Trinajstić information content (AvgIpc) is 3.61. The normalized spacial score (nSPS) is 20.1. The summed E-state index contributed by atoms with van der Waals surface area (Å²) in [6.45, 7) is 32.0. The van der Waals surface area contributed by atoms with Crippen LogP contribution in [0.3, 0.4) is 0 Å². The van der Waals surface area contributed by atoms with E-state index in [0.29, 0.717) is 0 Å². The Kier molecular flexibility index (Phi) is 10.2. The zero-order valence-corrected chi connectivity index (χ0v) is 44.0. The first-order valence-corrected chi connectivity index (χ1v) is 26.2. The summed E-state index contributed by atoms with van der Waals surface area (Å²) in [4.78, 5) is 2.70. The molecule has 0 heterocycles. The molecule has 1 nitrogen and oxygen atoms in total. The number of aryl methyl sites for hydroxylation is 1. The van der Waals surface area contributed by atoms with E-state index in [-0.39, 0.29) is 32.5 Å². The van der Waals surface area contributed by atoms with Crippen molar-refractivity contribution < 1.29 is 0 Å². The van der Waals surface area contributed by atoms with E-state index in [0.717, 1.165) is 12.8 Å². The van der Waals surface area contributed by atoms with E-state index in [1.54, 1.807) is 0 Å². The van der Waals surface area contributed by atoms with Crippen LogP contribution >= 0.6 is 0 Å². The molecule has 0 atom stereocenters. The summed E-state index contributed by atoms with van der Waals surface area (Å²) in [5.74, 6) is 0. The summed E-state index contributed by atoms with van der Waals surface area (Å²) in [6.07, 6.45) is 7.07. The lowest BCUT2D eigenvalue weighted by Crippen LogP contribution is -2.34. The average molecular weight is 906 g/mol. The first-order valence-electron chi connectivity index (χ1n) is 26.2. The maximum absolute atomic E-state index is 2.70. The van der Waals surface area contributed by atoms with Crippen molar-refractivity contribution in [3.8, 4) is 22.3 Å². The van der Waals surface area contributed by atoms with E-state index in [1.807, 2.05) is 0 Å². The first kappa shape index (κ1) is 45.8. The van der Waals surface area contributed by atoms with Crippen molar-refractivity contribution in [2.75, 3.05) is 4.90 Å². The highest BCUT2D eigenvalue weighted by Gasteiger charge is 2.48. The molecule has 11 rings (SSSR count). The molecule has 0 amide bonds. The number of fused-ring (bicyclic) bond motifs is 6. The van der Waals surface area contributed by atoms with Gasteiger partial charge in [0, 0.05) is 16.9 Å². The summed E-state index contributed by atoms with van der Waals surface area (Å²) in [5.41, 5.74) is 24.4. The lowest BCUT2D eigenvalue weighted by atomic mass is 9.62. The predicted octanol–water partition coefficient (Wildman–Crippen LogP) is 18.5. The van der Waals surface area contributed by atoms with Crippen LogP contribution in [0.25, 0.3) is 22.3 Å². The molecule has 0 N–H and O–H groups in total. The largest absolute Gasteiger partial charge is 0.310 e. The van der Waals surface area contributed by atoms with Crippen LogP contribution in [0.4, 0.5) is 17.1 Å². The molecule has 0 unspecified atom stereocenters. The van der Waals surface area contributed by atoms with Gasteiger partial charge in [-0.25, -0.2) is 0 Å². The van der Waals surface area contributed by atoms with E-state index >= 15 is 0 Å². The number of hydrogen-bond acceptors (Lipinski definition) is 1. The molecule has 7 aromatic rings. The molecule has 0 aromatic heterocycles. The molecule has 352 valence electrons. The fourth-order valence-corrected chi connectivity index (χ4v) is 13.7. The Morgan fingerprint density at radius 2 is 0.710 bits per heavy atom. The Morgan fingerprint density at radius 3 is 1.19 bits per heavy atom. The van der Waals surface area contributed by atoms with Crippen molar-refractivity contribution in [3.63, 3.8) is 0 Å². The topological polar surface area (TPSA) is 3.24 Å². The van der Waals surface area contributed by atoms with Gasteiger partial charge in [0.05, 0.1) is 11.1 Å². The van der Waals surface area contributed by atoms with Crippen LogP contribution < -0.4 is 4.90 Å². The standard InChI is InChI=1S/C68H75N/c1-44-38-57-60(67(12,13)37-36-64(57,6)7)42-50(44)52-41-51-49-26-20-21-27-53(49)68(45-22-16-14-17-23-45,46-24-18-15-19-25-46)56(51)43-61(52)69(47-28-30-54-58(39-47)65(8,9)34-32-62(54,2)3)48-29-31-55-59(40-48)66(10,11)35-33-63(55,4)5/h14-31,38-43H,32-37H2,1-13H3. The van der Waals surface area contributed by atoms with Crippen molar-refractivity contribution in [1.29, 1.82) is 0 Å². The molecule has 0 radical (unpaired) electrons. The maximum atomic E-state index is 2.70. The molecule has 1 heteroatoms. The van der Waals surface area contributed by atoms with Crippen molar-refractivity contribution in [2.24, 2.45) is 0 Å². The van der Waals surface area contributed by atoms with Crippen molar-refractivity contribution >= 4 is 17.1 Å². The second-order valence-corrected chi connectivity index (χ2v) is 25.8.